The van der Waals surface area contributed by atoms with Crippen molar-refractivity contribution in [2.45, 2.75) is 45.6 Å². The van der Waals surface area contributed by atoms with Crippen LogP contribution in [0.3, 0.4) is 0 Å². The number of nitrogens with one attached hydrogen (secondary N) is 3. The van der Waals surface area contributed by atoms with Crippen molar-refractivity contribution in [3.8, 4) is 0 Å². The van der Waals surface area contributed by atoms with Crippen molar-refractivity contribution in [3.05, 3.63) is 23.8 Å². The van der Waals surface area contributed by atoms with E-state index in [4.69, 9.17) is 5.11 Å². The highest BCUT2D eigenvalue weighted by molar-refractivity contribution is 6.12. The largest absolute Gasteiger partial charge is 0.479 e. The molecule has 1 rings (SSSR count). The predicted molar refractivity (Wildman–Crippen MR) is 109 cm³/mol. The van der Waals surface area contributed by atoms with Gasteiger partial charge in [-0.25, -0.2) is 4.79 Å². The van der Waals surface area contributed by atoms with Crippen LogP contribution < -0.4 is 16.0 Å². The standard InChI is InChI=1S/C20H28N4O7/c1-13(2)10-14(20(30)31)23-17(27)12-22-16(26)11-21-15(25)6-4-3-5-9-24-18(28)7-8-19(24)29/h7-8,10,14H,3-6,9,11-12H2,1-2H3,(H,21,25)(H,22,26)(H,23,27)(H,30,31). The Bertz CT molecular complexity index is 766. The molecule has 1 heterocycles. The van der Waals surface area contributed by atoms with Gasteiger partial charge >= 0.3 is 5.97 Å². The Morgan fingerprint density at radius 2 is 1.52 bits per heavy atom. The second-order valence-corrected chi connectivity index (χ2v) is 7.15. The molecule has 1 atom stereocenters. The monoisotopic (exact) mass is 436 g/mol. The van der Waals surface area contributed by atoms with Gasteiger partial charge in [0.05, 0.1) is 13.1 Å². The molecule has 0 fully saturated rings. The van der Waals surface area contributed by atoms with Crippen molar-refractivity contribution in [1.82, 2.24) is 20.9 Å². The number of nitrogens with zero attached hydrogens (tertiary/aromatic N) is 1. The van der Waals surface area contributed by atoms with E-state index >= 15 is 0 Å². The second kappa shape index (κ2) is 12.9. The van der Waals surface area contributed by atoms with Gasteiger partial charge in [0.1, 0.15) is 6.04 Å². The lowest BCUT2D eigenvalue weighted by Gasteiger charge is -2.13. The van der Waals surface area contributed by atoms with Gasteiger partial charge < -0.3 is 21.1 Å². The fourth-order valence-electron chi connectivity index (χ4n) is 2.62. The molecular weight excluding hydrogens is 408 g/mol. The van der Waals surface area contributed by atoms with Crippen LogP contribution in [0.4, 0.5) is 0 Å². The molecule has 31 heavy (non-hydrogen) atoms. The number of unbranched alkanes of at least 4 members (excludes halogenated alkanes) is 2. The molecule has 1 aliphatic heterocycles. The Hall–Kier alpha value is -3.50. The lowest BCUT2D eigenvalue weighted by Crippen LogP contribution is -2.46. The Morgan fingerprint density at radius 3 is 2.10 bits per heavy atom. The number of rotatable bonds is 13. The minimum absolute atomic E-state index is 0.177. The molecule has 0 aromatic heterocycles. The van der Waals surface area contributed by atoms with Gasteiger partial charge in [0, 0.05) is 25.1 Å². The zero-order valence-corrected chi connectivity index (χ0v) is 17.6. The average molecular weight is 436 g/mol. The first-order valence-corrected chi connectivity index (χ1v) is 9.84. The van der Waals surface area contributed by atoms with Crippen LogP contribution in [0.5, 0.6) is 0 Å². The first-order chi connectivity index (χ1) is 14.6. The molecule has 1 aliphatic rings. The van der Waals surface area contributed by atoms with E-state index in [1.165, 1.54) is 18.2 Å². The van der Waals surface area contributed by atoms with Crippen LogP contribution >= 0.6 is 0 Å². The molecule has 0 spiro atoms. The number of imide groups is 1. The van der Waals surface area contributed by atoms with Crippen molar-refractivity contribution in [2.75, 3.05) is 19.6 Å². The fraction of sp³-hybridized carbons (Fsp3) is 0.500. The maximum Gasteiger partial charge on any atom is 0.330 e. The van der Waals surface area contributed by atoms with Crippen molar-refractivity contribution in [2.24, 2.45) is 0 Å². The number of carbonyl (C=O) groups is 6. The lowest BCUT2D eigenvalue weighted by molar-refractivity contribution is -0.140. The Kier molecular flexibility index (Phi) is 10.7. The third kappa shape index (κ3) is 10.2. The Balaban J connectivity index is 2.15. The number of amides is 5. The zero-order chi connectivity index (χ0) is 23.4. The lowest BCUT2D eigenvalue weighted by atomic mass is 10.2. The summed E-state index contributed by atoms with van der Waals surface area (Å²) in [5.41, 5.74) is 0.717. The van der Waals surface area contributed by atoms with Gasteiger partial charge in [0.2, 0.25) is 17.7 Å². The zero-order valence-electron chi connectivity index (χ0n) is 17.6. The SMILES string of the molecule is CC(C)=CC(NC(=O)CNC(=O)CNC(=O)CCCCCN1C(=O)C=CC1=O)C(=O)O. The van der Waals surface area contributed by atoms with E-state index in [2.05, 4.69) is 16.0 Å². The molecule has 0 saturated heterocycles. The smallest absolute Gasteiger partial charge is 0.330 e. The van der Waals surface area contributed by atoms with Crippen molar-refractivity contribution < 1.29 is 33.9 Å². The van der Waals surface area contributed by atoms with Crippen LogP contribution in [0.15, 0.2) is 23.8 Å². The molecule has 11 nitrogen and oxygen atoms in total. The quantitative estimate of drug-likeness (QED) is 0.168. The summed E-state index contributed by atoms with van der Waals surface area (Å²) in [4.78, 5) is 70.2. The van der Waals surface area contributed by atoms with E-state index in [0.29, 0.717) is 25.8 Å². The van der Waals surface area contributed by atoms with E-state index in [1.807, 2.05) is 0 Å². The fourth-order valence-corrected chi connectivity index (χ4v) is 2.62. The molecule has 11 heteroatoms. The summed E-state index contributed by atoms with van der Waals surface area (Å²) in [6.07, 6.45) is 5.73. The van der Waals surface area contributed by atoms with E-state index in [9.17, 15) is 28.8 Å². The highest BCUT2D eigenvalue weighted by Gasteiger charge is 2.22. The molecule has 0 saturated carbocycles. The molecule has 170 valence electrons. The summed E-state index contributed by atoms with van der Waals surface area (Å²) in [5.74, 6) is -3.49. The highest BCUT2D eigenvalue weighted by Crippen LogP contribution is 2.07. The van der Waals surface area contributed by atoms with Gasteiger partial charge in [-0.2, -0.15) is 0 Å². The predicted octanol–water partition coefficient (Wildman–Crippen LogP) is -0.760. The van der Waals surface area contributed by atoms with Gasteiger partial charge in [-0.1, -0.05) is 18.1 Å². The van der Waals surface area contributed by atoms with Gasteiger partial charge in [0.15, 0.2) is 0 Å². The topological polar surface area (TPSA) is 162 Å². The van der Waals surface area contributed by atoms with Crippen LogP contribution in [-0.4, -0.2) is 71.2 Å². The van der Waals surface area contributed by atoms with Crippen molar-refractivity contribution in [3.63, 3.8) is 0 Å². The number of allylic oxidation sites excluding steroid dienone is 1. The van der Waals surface area contributed by atoms with Crippen molar-refractivity contribution >= 4 is 35.5 Å². The molecule has 1 unspecified atom stereocenters. The van der Waals surface area contributed by atoms with Gasteiger partial charge in [0.25, 0.3) is 11.8 Å². The van der Waals surface area contributed by atoms with E-state index in [0.717, 1.165) is 10.5 Å². The number of carbonyl (C=O) groups excluding carboxylic acids is 5. The maximum atomic E-state index is 11.8. The summed E-state index contributed by atoms with van der Waals surface area (Å²) in [5, 5.41) is 16.0. The number of hydrogen-bond donors (Lipinski definition) is 4. The molecule has 5 amide bonds. The number of aliphatic carboxylic acids is 1. The van der Waals surface area contributed by atoms with Gasteiger partial charge in [-0.15, -0.1) is 0 Å². The molecular formula is C20H28N4O7. The molecule has 0 aromatic carbocycles. The summed E-state index contributed by atoms with van der Waals surface area (Å²) in [6.45, 7) is 2.95. The van der Waals surface area contributed by atoms with Gasteiger partial charge in [-0.3, -0.25) is 28.9 Å². The summed E-state index contributed by atoms with van der Waals surface area (Å²) in [7, 11) is 0. The average Bonchev–Trinajstić information content (AvgIpc) is 3.01. The second-order valence-electron chi connectivity index (χ2n) is 7.15. The summed E-state index contributed by atoms with van der Waals surface area (Å²) in [6, 6.07) is -1.19. The van der Waals surface area contributed by atoms with E-state index < -0.39 is 30.4 Å². The normalized spacial score (nSPS) is 13.5. The summed E-state index contributed by atoms with van der Waals surface area (Å²) >= 11 is 0. The summed E-state index contributed by atoms with van der Waals surface area (Å²) < 4.78 is 0. The minimum Gasteiger partial charge on any atom is -0.479 e. The number of carboxylic acids is 1. The first-order valence-electron chi connectivity index (χ1n) is 9.84. The molecule has 0 aliphatic carbocycles. The third-order valence-corrected chi connectivity index (χ3v) is 4.16. The maximum absolute atomic E-state index is 11.8. The third-order valence-electron chi connectivity index (χ3n) is 4.16. The van der Waals surface area contributed by atoms with Gasteiger partial charge in [-0.05, 0) is 26.7 Å². The minimum atomic E-state index is -1.22. The highest BCUT2D eigenvalue weighted by atomic mass is 16.4. The van der Waals surface area contributed by atoms with Crippen molar-refractivity contribution in [1.29, 1.82) is 0 Å². The molecule has 0 bridgehead atoms. The number of carboxylic acid groups (broad SMARTS) is 1. The van der Waals surface area contributed by atoms with Crippen LogP contribution in [0, 0.1) is 0 Å². The Labute approximate surface area is 179 Å². The van der Waals surface area contributed by atoms with E-state index in [-0.39, 0.29) is 30.7 Å². The van der Waals surface area contributed by atoms with Crippen LogP contribution in [0.1, 0.15) is 39.5 Å². The van der Waals surface area contributed by atoms with E-state index in [1.54, 1.807) is 13.8 Å². The molecule has 4 N–H and O–H groups in total. The van der Waals surface area contributed by atoms with Crippen LogP contribution in [-0.2, 0) is 28.8 Å². The molecule has 0 radical (unpaired) electrons. The van der Waals surface area contributed by atoms with Crippen LogP contribution in [0.25, 0.3) is 0 Å². The number of hydrogen-bond acceptors (Lipinski definition) is 6. The molecule has 0 aromatic rings. The van der Waals surface area contributed by atoms with Crippen LogP contribution in [0.2, 0.25) is 0 Å². The first kappa shape index (κ1) is 25.5. The Morgan fingerprint density at radius 1 is 0.935 bits per heavy atom.